The van der Waals surface area contributed by atoms with E-state index >= 15 is 0 Å². The van der Waals surface area contributed by atoms with Crippen LogP contribution in [0.2, 0.25) is 0 Å². The number of benzene rings is 1. The Hall–Kier alpha value is -2.04. The van der Waals surface area contributed by atoms with Gasteiger partial charge in [-0.1, -0.05) is 12.1 Å². The summed E-state index contributed by atoms with van der Waals surface area (Å²) < 4.78 is 0. The maximum Gasteiger partial charge on any atom is 0.305 e. The van der Waals surface area contributed by atoms with Crippen molar-refractivity contribution in [1.82, 2.24) is 0 Å². The molecule has 1 fully saturated rings. The standard InChI is InChI=1S/C14H18N2O3/c15-11-3-1-2-4-12(11)16(8-7-14(18)19)13(17)9-10-5-6-10/h1-4,10H,5-9,15H2,(H,18,19). The SMILES string of the molecule is Nc1ccccc1N(CCC(=O)O)C(=O)CC1CC1. The lowest BCUT2D eigenvalue weighted by Gasteiger charge is -2.23. The van der Waals surface area contributed by atoms with E-state index < -0.39 is 5.97 Å². The first-order valence-electron chi connectivity index (χ1n) is 6.44. The van der Waals surface area contributed by atoms with E-state index in [9.17, 15) is 9.59 Å². The fourth-order valence-electron chi connectivity index (χ4n) is 2.00. The minimum absolute atomic E-state index is 0.0401. The molecule has 19 heavy (non-hydrogen) atoms. The van der Waals surface area contributed by atoms with Gasteiger partial charge in [-0.05, 0) is 30.9 Å². The summed E-state index contributed by atoms with van der Waals surface area (Å²) in [5.74, 6) is -0.495. The van der Waals surface area contributed by atoms with Gasteiger partial charge >= 0.3 is 5.97 Å². The lowest BCUT2D eigenvalue weighted by molar-refractivity contribution is -0.136. The number of para-hydroxylation sites is 2. The Morgan fingerprint density at radius 3 is 2.58 bits per heavy atom. The zero-order chi connectivity index (χ0) is 13.8. The molecule has 0 unspecified atom stereocenters. The molecule has 1 aliphatic carbocycles. The molecule has 5 heteroatoms. The van der Waals surface area contributed by atoms with Crippen molar-refractivity contribution in [3.05, 3.63) is 24.3 Å². The second-order valence-corrected chi connectivity index (χ2v) is 4.90. The molecule has 0 radical (unpaired) electrons. The fourth-order valence-corrected chi connectivity index (χ4v) is 2.00. The van der Waals surface area contributed by atoms with Crippen molar-refractivity contribution in [3.8, 4) is 0 Å². The van der Waals surface area contributed by atoms with Gasteiger partial charge in [0.2, 0.25) is 5.91 Å². The van der Waals surface area contributed by atoms with E-state index in [1.54, 1.807) is 24.3 Å². The number of carboxylic acid groups (broad SMARTS) is 1. The quantitative estimate of drug-likeness (QED) is 0.767. The Morgan fingerprint density at radius 2 is 2.00 bits per heavy atom. The molecule has 2 rings (SSSR count). The van der Waals surface area contributed by atoms with Gasteiger partial charge in [0, 0.05) is 13.0 Å². The van der Waals surface area contributed by atoms with Crippen molar-refractivity contribution in [1.29, 1.82) is 0 Å². The van der Waals surface area contributed by atoms with Crippen molar-refractivity contribution in [2.24, 2.45) is 5.92 Å². The van der Waals surface area contributed by atoms with Gasteiger partial charge in [0.1, 0.15) is 0 Å². The highest BCUT2D eigenvalue weighted by Gasteiger charge is 2.28. The molecule has 0 atom stereocenters. The molecule has 3 N–H and O–H groups in total. The summed E-state index contributed by atoms with van der Waals surface area (Å²) in [5, 5.41) is 8.79. The molecule has 1 amide bonds. The van der Waals surface area contributed by atoms with Crippen LogP contribution in [-0.2, 0) is 9.59 Å². The molecule has 1 aromatic rings. The summed E-state index contributed by atoms with van der Waals surface area (Å²) in [6.45, 7) is 0.162. The van der Waals surface area contributed by atoms with Crippen LogP contribution in [0.15, 0.2) is 24.3 Å². The third kappa shape index (κ3) is 3.71. The number of amides is 1. The van der Waals surface area contributed by atoms with Crippen molar-refractivity contribution in [3.63, 3.8) is 0 Å². The summed E-state index contributed by atoms with van der Waals surface area (Å²) in [4.78, 5) is 24.4. The molecule has 0 spiro atoms. The van der Waals surface area contributed by atoms with Crippen LogP contribution in [0, 0.1) is 5.92 Å². The Kier molecular flexibility index (Phi) is 4.04. The normalized spacial score (nSPS) is 14.1. The van der Waals surface area contributed by atoms with Crippen LogP contribution in [0.1, 0.15) is 25.7 Å². The van der Waals surface area contributed by atoms with Crippen LogP contribution in [-0.4, -0.2) is 23.5 Å². The number of aliphatic carboxylic acids is 1. The number of carboxylic acids is 1. The number of nitrogens with two attached hydrogens (primary N) is 1. The highest BCUT2D eigenvalue weighted by molar-refractivity contribution is 5.96. The largest absolute Gasteiger partial charge is 0.481 e. The van der Waals surface area contributed by atoms with Gasteiger partial charge < -0.3 is 15.7 Å². The number of rotatable bonds is 6. The number of hydrogen-bond donors (Lipinski definition) is 2. The van der Waals surface area contributed by atoms with Crippen LogP contribution < -0.4 is 10.6 Å². The van der Waals surface area contributed by atoms with Crippen molar-refractivity contribution in [2.75, 3.05) is 17.2 Å². The maximum absolute atomic E-state index is 12.2. The summed E-state index contributed by atoms with van der Waals surface area (Å²) in [7, 11) is 0. The smallest absolute Gasteiger partial charge is 0.305 e. The first kappa shape index (κ1) is 13.4. The van der Waals surface area contributed by atoms with E-state index in [1.165, 1.54) is 4.90 Å². The molecular formula is C14H18N2O3. The monoisotopic (exact) mass is 262 g/mol. The minimum Gasteiger partial charge on any atom is -0.481 e. The highest BCUT2D eigenvalue weighted by atomic mass is 16.4. The number of hydrogen-bond acceptors (Lipinski definition) is 3. The average Bonchev–Trinajstić information content (AvgIpc) is 3.15. The summed E-state index contributed by atoms with van der Waals surface area (Å²) in [5.41, 5.74) is 6.97. The molecular weight excluding hydrogens is 244 g/mol. The van der Waals surface area contributed by atoms with Gasteiger partial charge in [-0.2, -0.15) is 0 Å². The van der Waals surface area contributed by atoms with Crippen LogP contribution in [0.5, 0.6) is 0 Å². The molecule has 0 heterocycles. The second kappa shape index (κ2) is 5.73. The van der Waals surface area contributed by atoms with Gasteiger partial charge in [-0.25, -0.2) is 0 Å². The third-order valence-corrected chi connectivity index (χ3v) is 3.24. The lowest BCUT2D eigenvalue weighted by atomic mass is 10.2. The van der Waals surface area contributed by atoms with Gasteiger partial charge in [0.25, 0.3) is 0 Å². The minimum atomic E-state index is -0.918. The van der Waals surface area contributed by atoms with E-state index in [2.05, 4.69) is 0 Å². The summed E-state index contributed by atoms with van der Waals surface area (Å²) in [6, 6.07) is 7.05. The van der Waals surface area contributed by atoms with Crippen LogP contribution in [0.25, 0.3) is 0 Å². The van der Waals surface area contributed by atoms with Crippen LogP contribution >= 0.6 is 0 Å². The van der Waals surface area contributed by atoms with Gasteiger partial charge in [-0.3, -0.25) is 9.59 Å². The van der Waals surface area contributed by atoms with Crippen molar-refractivity contribution in [2.45, 2.75) is 25.7 Å². The molecule has 0 aromatic heterocycles. The predicted octanol–water partition coefficient (Wildman–Crippen LogP) is 1.88. The van der Waals surface area contributed by atoms with Gasteiger partial charge in [0.15, 0.2) is 0 Å². The topological polar surface area (TPSA) is 83.6 Å². The molecule has 5 nitrogen and oxygen atoms in total. The first-order chi connectivity index (χ1) is 9.08. The van der Waals surface area contributed by atoms with Crippen molar-refractivity contribution >= 4 is 23.3 Å². The lowest BCUT2D eigenvalue weighted by Crippen LogP contribution is -2.33. The molecule has 102 valence electrons. The third-order valence-electron chi connectivity index (χ3n) is 3.24. The average molecular weight is 262 g/mol. The Bertz CT molecular complexity index is 483. The summed E-state index contributed by atoms with van der Waals surface area (Å²) in [6.07, 6.45) is 2.57. The molecule has 0 saturated heterocycles. The van der Waals surface area contributed by atoms with E-state index in [1.807, 2.05) is 0 Å². The van der Waals surface area contributed by atoms with Crippen molar-refractivity contribution < 1.29 is 14.7 Å². The van der Waals surface area contributed by atoms with Crippen LogP contribution in [0.4, 0.5) is 11.4 Å². The van der Waals surface area contributed by atoms with E-state index in [0.29, 0.717) is 23.7 Å². The van der Waals surface area contributed by atoms with E-state index in [4.69, 9.17) is 10.8 Å². The molecule has 1 aliphatic rings. The highest BCUT2D eigenvalue weighted by Crippen LogP contribution is 2.34. The zero-order valence-electron chi connectivity index (χ0n) is 10.7. The zero-order valence-corrected chi connectivity index (χ0v) is 10.7. The Balaban J connectivity index is 2.14. The van der Waals surface area contributed by atoms with Gasteiger partial charge in [0.05, 0.1) is 17.8 Å². The maximum atomic E-state index is 12.2. The van der Waals surface area contributed by atoms with Crippen LogP contribution in [0.3, 0.4) is 0 Å². The predicted molar refractivity (Wildman–Crippen MR) is 72.8 cm³/mol. The second-order valence-electron chi connectivity index (χ2n) is 4.90. The van der Waals surface area contributed by atoms with E-state index in [0.717, 1.165) is 12.8 Å². The Labute approximate surface area is 112 Å². The number of carbonyl (C=O) groups excluding carboxylic acids is 1. The van der Waals surface area contributed by atoms with E-state index in [-0.39, 0.29) is 18.9 Å². The number of nitrogen functional groups attached to an aromatic ring is 1. The summed E-state index contributed by atoms with van der Waals surface area (Å²) >= 11 is 0. The molecule has 0 aliphatic heterocycles. The fraction of sp³-hybridized carbons (Fsp3) is 0.429. The molecule has 1 saturated carbocycles. The number of nitrogens with zero attached hydrogens (tertiary/aromatic N) is 1. The first-order valence-corrected chi connectivity index (χ1v) is 6.44. The number of anilines is 2. The number of carbonyl (C=O) groups is 2. The van der Waals surface area contributed by atoms with Gasteiger partial charge in [-0.15, -0.1) is 0 Å². The Morgan fingerprint density at radius 1 is 1.32 bits per heavy atom. The molecule has 1 aromatic carbocycles. The molecule has 0 bridgehead atoms.